The molecule has 2 atom stereocenters. The van der Waals surface area contributed by atoms with Crippen LogP contribution in [-0.4, -0.2) is 20.6 Å². The number of nitrogens with two attached hydrogens (primary N) is 1. The maximum atomic E-state index is 14.6. The molecular formula is C23H19BrFN3O4. The molecule has 164 valence electrons. The molecule has 0 amide bonds. The minimum absolute atomic E-state index is 0.0679. The molecule has 7 nitrogen and oxygen atoms in total. The van der Waals surface area contributed by atoms with E-state index in [1.165, 1.54) is 6.07 Å². The molecule has 9 heteroatoms. The van der Waals surface area contributed by atoms with E-state index in [2.05, 4.69) is 15.9 Å². The number of rotatable bonds is 1. The molecule has 4 heterocycles. The Labute approximate surface area is 190 Å². The average molecular weight is 500 g/mol. The van der Waals surface area contributed by atoms with E-state index in [1.807, 2.05) is 0 Å². The van der Waals surface area contributed by atoms with Crippen molar-refractivity contribution < 1.29 is 19.0 Å². The lowest BCUT2D eigenvalue weighted by atomic mass is 9.83. The van der Waals surface area contributed by atoms with Crippen molar-refractivity contribution in [1.29, 1.82) is 0 Å². The lowest BCUT2D eigenvalue weighted by molar-refractivity contribution is -0.172. The van der Waals surface area contributed by atoms with Crippen molar-refractivity contribution in [3.05, 3.63) is 60.6 Å². The highest BCUT2D eigenvalue weighted by molar-refractivity contribution is 9.10. The first-order valence-corrected chi connectivity index (χ1v) is 11.3. The molecular weight excluding hydrogens is 481 g/mol. The van der Waals surface area contributed by atoms with Crippen LogP contribution in [0.5, 0.6) is 0 Å². The maximum absolute atomic E-state index is 14.6. The van der Waals surface area contributed by atoms with E-state index in [-0.39, 0.29) is 42.3 Å². The van der Waals surface area contributed by atoms with Crippen molar-refractivity contribution >= 4 is 32.8 Å². The maximum Gasteiger partial charge on any atom is 0.343 e. The first kappa shape index (κ1) is 20.0. The van der Waals surface area contributed by atoms with Crippen molar-refractivity contribution in [1.82, 2.24) is 9.55 Å². The Morgan fingerprint density at radius 1 is 1.34 bits per heavy atom. The smallest absolute Gasteiger partial charge is 0.343 e. The molecule has 0 radical (unpaired) electrons. The number of hydrogen-bond acceptors (Lipinski definition) is 6. The fourth-order valence-electron chi connectivity index (χ4n) is 5.39. The number of hydrogen-bond donors (Lipinski definition) is 2. The van der Waals surface area contributed by atoms with Crippen LogP contribution in [0, 0.1) is 5.82 Å². The number of carbonyl (C=O) groups excluding carboxylic acids is 1. The Balaban J connectivity index is 1.70. The van der Waals surface area contributed by atoms with Crippen LogP contribution < -0.4 is 11.3 Å². The van der Waals surface area contributed by atoms with Crippen molar-refractivity contribution in [3.8, 4) is 11.4 Å². The number of esters is 1. The summed E-state index contributed by atoms with van der Waals surface area (Å²) in [6, 6.07) is 2.77. The highest BCUT2D eigenvalue weighted by Gasteiger charge is 2.45. The summed E-state index contributed by atoms with van der Waals surface area (Å²) in [7, 11) is 0. The first-order chi connectivity index (χ1) is 15.3. The number of carbonyl (C=O) groups is 1. The lowest BCUT2D eigenvalue weighted by Crippen LogP contribution is -2.44. The summed E-state index contributed by atoms with van der Waals surface area (Å²) in [6.45, 7) is 1.75. The van der Waals surface area contributed by atoms with Crippen LogP contribution in [0.4, 0.5) is 4.39 Å². The molecule has 1 aliphatic carbocycles. The molecule has 1 aromatic carbocycles. The Morgan fingerprint density at radius 3 is 2.88 bits per heavy atom. The average Bonchev–Trinajstić information content (AvgIpc) is 3.14. The van der Waals surface area contributed by atoms with Crippen molar-refractivity contribution in [3.63, 3.8) is 0 Å². The van der Waals surface area contributed by atoms with Gasteiger partial charge in [-0.2, -0.15) is 0 Å². The SMILES string of the molecule is CC[C@@]1(O)C(=O)OCc2c1cc1n(c2=O)Cc2c-1nc1cc(F)c(Br)c3c1c2C(N)CC3. The number of pyridine rings is 2. The fourth-order valence-corrected chi connectivity index (χ4v) is 5.90. The van der Waals surface area contributed by atoms with E-state index >= 15 is 0 Å². The number of fused-ring (bicyclic) bond motifs is 5. The number of aromatic nitrogens is 2. The summed E-state index contributed by atoms with van der Waals surface area (Å²) in [5, 5.41) is 11.9. The Bertz CT molecular complexity index is 1450. The van der Waals surface area contributed by atoms with Crippen molar-refractivity contribution in [2.24, 2.45) is 5.73 Å². The zero-order valence-electron chi connectivity index (χ0n) is 17.2. The molecule has 2 aromatic heterocycles. The number of ether oxygens (including phenoxy) is 1. The third kappa shape index (κ3) is 2.33. The largest absolute Gasteiger partial charge is 0.458 e. The summed E-state index contributed by atoms with van der Waals surface area (Å²) in [5.74, 6) is -1.17. The van der Waals surface area contributed by atoms with E-state index in [0.29, 0.717) is 34.2 Å². The van der Waals surface area contributed by atoms with E-state index in [1.54, 1.807) is 17.6 Å². The zero-order valence-corrected chi connectivity index (χ0v) is 18.8. The monoisotopic (exact) mass is 499 g/mol. The molecule has 2 aliphatic heterocycles. The topological polar surface area (TPSA) is 107 Å². The van der Waals surface area contributed by atoms with Crippen LogP contribution in [0.3, 0.4) is 0 Å². The summed E-state index contributed by atoms with van der Waals surface area (Å²) >= 11 is 3.37. The van der Waals surface area contributed by atoms with Gasteiger partial charge in [0, 0.05) is 28.6 Å². The third-order valence-electron chi connectivity index (χ3n) is 7.09. The van der Waals surface area contributed by atoms with Gasteiger partial charge in [-0.1, -0.05) is 6.92 Å². The minimum atomic E-state index is -1.89. The summed E-state index contributed by atoms with van der Waals surface area (Å²) < 4.78 is 21.7. The van der Waals surface area contributed by atoms with Gasteiger partial charge in [-0.05, 0) is 52.4 Å². The predicted octanol–water partition coefficient (Wildman–Crippen LogP) is 2.93. The Hall–Kier alpha value is -2.62. The minimum Gasteiger partial charge on any atom is -0.458 e. The number of halogens is 2. The van der Waals surface area contributed by atoms with E-state index in [4.69, 9.17) is 15.5 Å². The number of aryl methyl sites for hydroxylation is 1. The second-order valence-corrected chi connectivity index (χ2v) is 9.44. The van der Waals surface area contributed by atoms with Gasteiger partial charge in [0.15, 0.2) is 5.60 Å². The summed E-state index contributed by atoms with van der Waals surface area (Å²) in [6.07, 6.45) is 1.35. The van der Waals surface area contributed by atoms with Gasteiger partial charge in [0.1, 0.15) is 12.4 Å². The second-order valence-electron chi connectivity index (χ2n) is 8.65. The molecule has 3 N–H and O–H groups in total. The van der Waals surface area contributed by atoms with Crippen molar-refractivity contribution in [2.75, 3.05) is 0 Å². The van der Waals surface area contributed by atoms with Gasteiger partial charge >= 0.3 is 5.97 Å². The zero-order chi connectivity index (χ0) is 22.5. The first-order valence-electron chi connectivity index (χ1n) is 10.5. The number of aliphatic hydroxyl groups is 1. The molecule has 0 saturated heterocycles. The molecule has 3 aliphatic rings. The van der Waals surface area contributed by atoms with Gasteiger partial charge in [0.2, 0.25) is 0 Å². The van der Waals surface area contributed by atoms with Gasteiger partial charge in [0.25, 0.3) is 5.56 Å². The van der Waals surface area contributed by atoms with Gasteiger partial charge in [-0.15, -0.1) is 0 Å². The highest BCUT2D eigenvalue weighted by Crippen LogP contribution is 2.46. The van der Waals surface area contributed by atoms with Gasteiger partial charge in [0.05, 0.1) is 33.5 Å². The third-order valence-corrected chi connectivity index (χ3v) is 7.94. The van der Waals surface area contributed by atoms with Crippen LogP contribution in [-0.2, 0) is 34.7 Å². The number of nitrogens with zero attached hydrogens (tertiary/aromatic N) is 2. The molecule has 6 rings (SSSR count). The number of cyclic esters (lactones) is 1. The van der Waals surface area contributed by atoms with Crippen LogP contribution in [0.15, 0.2) is 21.4 Å². The summed E-state index contributed by atoms with van der Waals surface area (Å²) in [4.78, 5) is 30.5. The van der Waals surface area contributed by atoms with Crippen LogP contribution in [0.1, 0.15) is 53.6 Å². The van der Waals surface area contributed by atoms with Crippen molar-refractivity contribution in [2.45, 2.75) is 51.0 Å². The molecule has 32 heavy (non-hydrogen) atoms. The quantitative estimate of drug-likeness (QED) is 0.390. The molecule has 0 saturated carbocycles. The van der Waals surface area contributed by atoms with Gasteiger partial charge < -0.3 is 20.1 Å². The predicted molar refractivity (Wildman–Crippen MR) is 117 cm³/mol. The normalized spacial score (nSPS) is 23.0. The van der Waals surface area contributed by atoms with Crippen LogP contribution in [0.2, 0.25) is 0 Å². The van der Waals surface area contributed by atoms with Gasteiger partial charge in [-0.3, -0.25) is 4.79 Å². The number of benzene rings is 1. The van der Waals surface area contributed by atoms with E-state index in [0.717, 1.165) is 22.1 Å². The standard InChI is InChI=1S/C23H19BrFN3O4/c1-2-23(31)12-5-16-20-10(7-28(16)21(29)11(12)8-32-22(23)30)17-14(26)4-3-9-18(17)15(27-20)6-13(25)19(9)24/h5-6,14,31H,2-4,7-8,26H2,1H3/t14?,23-/m0/s1. The van der Waals surface area contributed by atoms with E-state index < -0.39 is 17.4 Å². The highest BCUT2D eigenvalue weighted by atomic mass is 79.9. The molecule has 0 fully saturated rings. The lowest BCUT2D eigenvalue weighted by Gasteiger charge is -2.31. The molecule has 0 bridgehead atoms. The summed E-state index contributed by atoms with van der Waals surface area (Å²) in [5.41, 5.74) is 8.87. The van der Waals surface area contributed by atoms with E-state index in [9.17, 15) is 19.1 Å². The Kier molecular flexibility index (Phi) is 4.04. The second kappa shape index (κ2) is 6.46. The molecule has 0 spiro atoms. The van der Waals surface area contributed by atoms with Gasteiger partial charge in [-0.25, -0.2) is 14.2 Å². The molecule has 3 aromatic rings. The Morgan fingerprint density at radius 2 is 2.12 bits per heavy atom. The van der Waals surface area contributed by atoms with Crippen LogP contribution >= 0.6 is 15.9 Å². The fraction of sp³-hybridized carbons (Fsp3) is 0.348. The van der Waals surface area contributed by atoms with Crippen LogP contribution in [0.25, 0.3) is 22.3 Å². The molecule has 1 unspecified atom stereocenters.